The molecule has 1 fully saturated rings. The van der Waals surface area contributed by atoms with Crippen molar-refractivity contribution in [3.63, 3.8) is 0 Å². The summed E-state index contributed by atoms with van der Waals surface area (Å²) in [5.74, 6) is 1.60. The molecule has 0 bridgehead atoms. The number of fused-ring (bicyclic) bond motifs is 1. The number of likely N-dealkylation sites (tertiary alicyclic amines) is 1. The van der Waals surface area contributed by atoms with Crippen molar-refractivity contribution < 1.29 is 9.53 Å². The van der Waals surface area contributed by atoms with Gasteiger partial charge in [-0.1, -0.05) is 61.9 Å². The Hall–Kier alpha value is -3.57. The molecule has 1 saturated heterocycles. The molecule has 0 unspecified atom stereocenters. The van der Waals surface area contributed by atoms with E-state index in [0.29, 0.717) is 19.0 Å². The molecule has 2 heterocycles. The van der Waals surface area contributed by atoms with E-state index < -0.39 is 0 Å². The summed E-state index contributed by atoms with van der Waals surface area (Å²) in [5, 5.41) is 4.48. The zero-order chi connectivity index (χ0) is 28.6. The van der Waals surface area contributed by atoms with Gasteiger partial charge in [0, 0.05) is 49.6 Å². The third kappa shape index (κ3) is 7.02. The summed E-state index contributed by atoms with van der Waals surface area (Å²) in [5.41, 5.74) is 4.91. The van der Waals surface area contributed by atoms with Crippen LogP contribution in [-0.4, -0.2) is 41.1 Å². The molecule has 1 N–H and O–H groups in total. The molecule has 2 atom stereocenters. The van der Waals surface area contributed by atoms with Crippen LogP contribution in [0.3, 0.4) is 0 Å². The number of carbonyl (C=O) groups is 1. The summed E-state index contributed by atoms with van der Waals surface area (Å²) in [6.07, 6.45) is 8.53. The number of nitrogens with one attached hydrogen (secondary N) is 1. The maximum atomic E-state index is 13.5. The summed E-state index contributed by atoms with van der Waals surface area (Å²) in [6, 6.07) is 25.3. The van der Waals surface area contributed by atoms with Crippen LogP contribution in [0.5, 0.6) is 11.5 Å². The molecule has 0 aliphatic carbocycles. The van der Waals surface area contributed by atoms with E-state index >= 15 is 0 Å². The van der Waals surface area contributed by atoms with E-state index in [1.54, 1.807) is 0 Å². The zero-order valence-electron chi connectivity index (χ0n) is 24.9. The number of amides is 1. The Morgan fingerprint density at radius 1 is 1.00 bits per heavy atom. The first-order valence-electron chi connectivity index (χ1n) is 15.5. The van der Waals surface area contributed by atoms with Crippen molar-refractivity contribution in [2.45, 2.75) is 77.8 Å². The lowest BCUT2D eigenvalue weighted by Gasteiger charge is -2.33. The smallest absolute Gasteiger partial charge is 0.220 e. The van der Waals surface area contributed by atoms with Gasteiger partial charge in [0.1, 0.15) is 11.5 Å². The number of carbonyl (C=O) groups excluding carboxylic acids is 1. The molecule has 0 spiro atoms. The standard InChI is InChI=1S/C36H45N3O2/c1-4-28-15-12-20-32-34(26-38(5-2)36(28)32)33(25-35(40)37-21-13-23-39-22-10-9-14-27(39)3)29-16-11-19-31(24-29)41-30-17-7-6-8-18-30/h6-8,11-12,15-20,24,26-27,33H,4-5,9-10,13-14,21-23,25H2,1-3H3,(H,37,40)/t27-,33+/m0/s1. The molecule has 1 aliphatic heterocycles. The third-order valence-electron chi connectivity index (χ3n) is 8.62. The van der Waals surface area contributed by atoms with Crippen LogP contribution < -0.4 is 10.1 Å². The number of aromatic nitrogens is 1. The van der Waals surface area contributed by atoms with Gasteiger partial charge >= 0.3 is 0 Å². The minimum atomic E-state index is -0.0844. The highest BCUT2D eigenvalue weighted by Crippen LogP contribution is 2.37. The van der Waals surface area contributed by atoms with Gasteiger partial charge in [-0.05, 0) is 87.0 Å². The first-order chi connectivity index (χ1) is 20.1. The number of rotatable bonds is 12. The molecule has 1 aromatic heterocycles. The molecule has 5 nitrogen and oxygen atoms in total. The maximum absolute atomic E-state index is 13.5. The Morgan fingerprint density at radius 3 is 2.59 bits per heavy atom. The van der Waals surface area contributed by atoms with Gasteiger partial charge in [0.2, 0.25) is 5.91 Å². The van der Waals surface area contributed by atoms with Gasteiger partial charge in [-0.3, -0.25) is 4.79 Å². The van der Waals surface area contributed by atoms with Crippen molar-refractivity contribution in [3.05, 3.63) is 95.7 Å². The fourth-order valence-corrected chi connectivity index (χ4v) is 6.36. The van der Waals surface area contributed by atoms with E-state index in [4.69, 9.17) is 4.74 Å². The number of ether oxygens (including phenoxy) is 1. The van der Waals surface area contributed by atoms with Crippen LogP contribution in [0, 0.1) is 0 Å². The fraction of sp³-hybridized carbons (Fsp3) is 0.417. The van der Waals surface area contributed by atoms with E-state index in [9.17, 15) is 4.79 Å². The molecular formula is C36H45N3O2. The van der Waals surface area contributed by atoms with Crippen molar-refractivity contribution in [3.8, 4) is 11.5 Å². The minimum absolute atomic E-state index is 0.0844. The van der Waals surface area contributed by atoms with Crippen LogP contribution in [-0.2, 0) is 17.8 Å². The summed E-state index contributed by atoms with van der Waals surface area (Å²) >= 11 is 0. The maximum Gasteiger partial charge on any atom is 0.220 e. The van der Waals surface area contributed by atoms with Crippen LogP contribution in [0.1, 0.15) is 75.5 Å². The zero-order valence-corrected chi connectivity index (χ0v) is 24.9. The molecule has 5 heteroatoms. The number of nitrogens with zero attached hydrogens (tertiary/aromatic N) is 2. The second kappa shape index (κ2) is 13.9. The Balaban J connectivity index is 1.39. The lowest BCUT2D eigenvalue weighted by molar-refractivity contribution is -0.121. The monoisotopic (exact) mass is 551 g/mol. The number of piperidine rings is 1. The third-order valence-corrected chi connectivity index (χ3v) is 8.62. The van der Waals surface area contributed by atoms with Crippen LogP contribution in [0.4, 0.5) is 0 Å². The number of benzene rings is 3. The first-order valence-corrected chi connectivity index (χ1v) is 15.5. The predicted molar refractivity (Wildman–Crippen MR) is 169 cm³/mol. The van der Waals surface area contributed by atoms with Gasteiger partial charge in [0.05, 0.1) is 5.52 Å². The molecule has 1 amide bonds. The second-order valence-electron chi connectivity index (χ2n) is 11.4. The highest BCUT2D eigenvalue weighted by molar-refractivity contribution is 5.89. The molecule has 41 heavy (non-hydrogen) atoms. The normalized spacial score (nSPS) is 16.5. The quantitative estimate of drug-likeness (QED) is 0.182. The van der Waals surface area contributed by atoms with Crippen LogP contribution in [0.25, 0.3) is 10.9 Å². The molecule has 5 rings (SSSR count). The average molecular weight is 552 g/mol. The van der Waals surface area contributed by atoms with Crippen LogP contribution in [0.15, 0.2) is 79.0 Å². The lowest BCUT2D eigenvalue weighted by atomic mass is 9.87. The van der Waals surface area contributed by atoms with Crippen molar-refractivity contribution in [1.82, 2.24) is 14.8 Å². The summed E-state index contributed by atoms with van der Waals surface area (Å²) < 4.78 is 8.54. The van der Waals surface area contributed by atoms with Crippen LogP contribution >= 0.6 is 0 Å². The number of hydrogen-bond donors (Lipinski definition) is 1. The van der Waals surface area contributed by atoms with Gasteiger partial charge < -0.3 is 19.5 Å². The largest absolute Gasteiger partial charge is 0.457 e. The molecule has 3 aromatic carbocycles. The molecule has 1 aliphatic rings. The van der Waals surface area contributed by atoms with E-state index in [-0.39, 0.29) is 11.8 Å². The van der Waals surface area contributed by atoms with E-state index in [1.807, 2.05) is 42.5 Å². The Bertz CT molecular complexity index is 1430. The number of para-hydroxylation sites is 2. The SMILES string of the molecule is CCc1cccc2c([C@H](CC(=O)NCCCN3CCCC[C@@H]3C)c3cccc(Oc4ccccc4)c3)cn(CC)c12. The summed E-state index contributed by atoms with van der Waals surface area (Å²) in [6.45, 7) is 10.6. The Kier molecular flexibility index (Phi) is 9.79. The topological polar surface area (TPSA) is 46.5 Å². The molecule has 216 valence electrons. The Morgan fingerprint density at radius 2 is 1.80 bits per heavy atom. The van der Waals surface area contributed by atoms with E-state index in [2.05, 4.69) is 72.1 Å². The molecule has 4 aromatic rings. The van der Waals surface area contributed by atoms with Crippen molar-refractivity contribution in [2.75, 3.05) is 19.6 Å². The highest BCUT2D eigenvalue weighted by Gasteiger charge is 2.24. The van der Waals surface area contributed by atoms with Crippen molar-refractivity contribution in [1.29, 1.82) is 0 Å². The van der Waals surface area contributed by atoms with E-state index in [1.165, 1.54) is 47.8 Å². The van der Waals surface area contributed by atoms with Gasteiger partial charge in [0.25, 0.3) is 0 Å². The number of aryl methyl sites for hydroxylation is 2. The summed E-state index contributed by atoms with van der Waals surface area (Å²) in [4.78, 5) is 16.0. The molecular weight excluding hydrogens is 506 g/mol. The van der Waals surface area contributed by atoms with Gasteiger partial charge in [0.15, 0.2) is 0 Å². The molecule has 0 saturated carbocycles. The highest BCUT2D eigenvalue weighted by atomic mass is 16.5. The van der Waals surface area contributed by atoms with Gasteiger partial charge in [-0.25, -0.2) is 0 Å². The van der Waals surface area contributed by atoms with E-state index in [0.717, 1.165) is 43.0 Å². The van der Waals surface area contributed by atoms with Gasteiger partial charge in [-0.15, -0.1) is 0 Å². The Labute approximate surface area is 245 Å². The minimum Gasteiger partial charge on any atom is -0.457 e. The van der Waals surface area contributed by atoms with Gasteiger partial charge in [-0.2, -0.15) is 0 Å². The average Bonchev–Trinajstić information content (AvgIpc) is 3.38. The first kappa shape index (κ1) is 28.9. The fourth-order valence-electron chi connectivity index (χ4n) is 6.36. The molecule has 0 radical (unpaired) electrons. The van der Waals surface area contributed by atoms with Crippen LogP contribution in [0.2, 0.25) is 0 Å². The van der Waals surface area contributed by atoms with Crippen molar-refractivity contribution in [2.24, 2.45) is 0 Å². The number of hydrogen-bond acceptors (Lipinski definition) is 3. The lowest BCUT2D eigenvalue weighted by Crippen LogP contribution is -2.39. The summed E-state index contributed by atoms with van der Waals surface area (Å²) in [7, 11) is 0. The van der Waals surface area contributed by atoms with Crippen molar-refractivity contribution >= 4 is 16.8 Å². The second-order valence-corrected chi connectivity index (χ2v) is 11.4. The predicted octanol–water partition coefficient (Wildman–Crippen LogP) is 7.92.